The van der Waals surface area contributed by atoms with Crippen molar-refractivity contribution >= 4 is 17.0 Å². The molecule has 2 heterocycles. The van der Waals surface area contributed by atoms with Crippen LogP contribution in [0.2, 0.25) is 0 Å². The minimum atomic E-state index is -0.667. The summed E-state index contributed by atoms with van der Waals surface area (Å²) in [6, 6.07) is 14.8. The normalized spacial score (nSPS) is 16.8. The highest BCUT2D eigenvalue weighted by atomic mass is 16.5. The van der Waals surface area contributed by atoms with Crippen molar-refractivity contribution in [3.63, 3.8) is 0 Å². The Kier molecular flexibility index (Phi) is 8.86. The van der Waals surface area contributed by atoms with Crippen molar-refractivity contribution < 1.29 is 23.8 Å². The number of fused-ring (bicyclic) bond motifs is 1. The number of hydrogen-bond donors (Lipinski definition) is 3. The lowest BCUT2D eigenvalue weighted by Crippen LogP contribution is -2.46. The molecule has 2 atom stereocenters. The molecular formula is C26H30N4O6. The van der Waals surface area contributed by atoms with Crippen LogP contribution in [-0.2, 0) is 27.2 Å². The number of rotatable bonds is 10. The molecule has 3 N–H and O–H groups in total. The predicted molar refractivity (Wildman–Crippen MR) is 132 cm³/mol. The molecule has 10 nitrogen and oxygen atoms in total. The molecule has 0 unspecified atom stereocenters. The van der Waals surface area contributed by atoms with Gasteiger partial charge in [0.1, 0.15) is 12.1 Å². The van der Waals surface area contributed by atoms with E-state index in [0.717, 1.165) is 29.7 Å². The monoisotopic (exact) mass is 494 g/mol. The molecule has 4 rings (SSSR count). The summed E-state index contributed by atoms with van der Waals surface area (Å²) in [5.74, 6) is -0.742. The maximum Gasteiger partial charge on any atom is 0.420 e. The van der Waals surface area contributed by atoms with Gasteiger partial charge in [-0.2, -0.15) is 5.26 Å². The highest BCUT2D eigenvalue weighted by molar-refractivity contribution is 5.82. The van der Waals surface area contributed by atoms with E-state index in [-0.39, 0.29) is 25.7 Å². The van der Waals surface area contributed by atoms with E-state index in [1.807, 2.05) is 36.4 Å². The number of aromatic nitrogens is 1. The van der Waals surface area contributed by atoms with E-state index < -0.39 is 17.9 Å². The average molecular weight is 495 g/mol. The fourth-order valence-electron chi connectivity index (χ4n) is 4.12. The van der Waals surface area contributed by atoms with Gasteiger partial charge in [0.2, 0.25) is 0 Å². The summed E-state index contributed by atoms with van der Waals surface area (Å²) < 4.78 is 17.7. The Morgan fingerprint density at radius 3 is 2.83 bits per heavy atom. The lowest BCUT2D eigenvalue weighted by Gasteiger charge is -2.18. The molecule has 0 spiro atoms. The van der Waals surface area contributed by atoms with Crippen LogP contribution in [0.15, 0.2) is 51.7 Å². The van der Waals surface area contributed by atoms with Crippen LogP contribution in [0.5, 0.6) is 0 Å². The molecule has 1 aliphatic rings. The first-order valence-corrected chi connectivity index (χ1v) is 12.0. The van der Waals surface area contributed by atoms with E-state index in [4.69, 9.17) is 19.0 Å². The number of nitrogens with zero attached hydrogens (tertiary/aromatic N) is 2. The van der Waals surface area contributed by atoms with E-state index in [0.29, 0.717) is 37.2 Å². The zero-order valence-corrected chi connectivity index (χ0v) is 19.9. The van der Waals surface area contributed by atoms with Gasteiger partial charge in [-0.05, 0) is 41.8 Å². The third-order valence-corrected chi connectivity index (χ3v) is 6.00. The summed E-state index contributed by atoms with van der Waals surface area (Å²) in [5.41, 5.74) is 3.91. The Hall–Kier alpha value is -3.49. The molecule has 36 heavy (non-hydrogen) atoms. The van der Waals surface area contributed by atoms with E-state index in [9.17, 15) is 14.9 Å². The second-order valence-electron chi connectivity index (χ2n) is 8.55. The van der Waals surface area contributed by atoms with Gasteiger partial charge in [-0.15, -0.1) is 0 Å². The van der Waals surface area contributed by atoms with Gasteiger partial charge < -0.3 is 29.6 Å². The molecule has 190 valence electrons. The van der Waals surface area contributed by atoms with Crippen LogP contribution in [0.25, 0.3) is 22.2 Å². The van der Waals surface area contributed by atoms with Crippen molar-refractivity contribution in [1.29, 1.82) is 5.26 Å². The Balaban J connectivity index is 1.43. The zero-order valence-electron chi connectivity index (χ0n) is 19.9. The van der Waals surface area contributed by atoms with Crippen molar-refractivity contribution in [2.24, 2.45) is 0 Å². The number of carbonyl (C=O) groups is 1. The molecule has 0 bridgehead atoms. The Bertz CT molecular complexity index is 1250. The number of ether oxygens (including phenoxy) is 2. The number of nitriles is 1. The van der Waals surface area contributed by atoms with Gasteiger partial charge in [0.15, 0.2) is 5.58 Å². The largest absolute Gasteiger partial charge is 0.420 e. The van der Waals surface area contributed by atoms with Crippen molar-refractivity contribution in [2.75, 3.05) is 39.5 Å². The number of amides is 1. The second kappa shape index (κ2) is 12.5. The molecule has 1 aliphatic heterocycles. The van der Waals surface area contributed by atoms with Gasteiger partial charge in [0, 0.05) is 19.6 Å². The van der Waals surface area contributed by atoms with E-state index in [1.54, 1.807) is 6.07 Å². The maximum atomic E-state index is 12.5. The standard InChI is InChI=1S/C26H30N4O6/c27-16-21(29-25(32)24-17-28-8-1-11-35-24)14-18-2-4-19(5-3-18)20-6-7-23-22(15-20)30(26(33)36-23)9-12-34-13-10-31/h2-7,15,21,24,28,31H,1,8-14,17H2,(H,29,32)/t21-,24-/m0/s1. The first kappa shape index (κ1) is 25.6. The molecule has 0 radical (unpaired) electrons. The van der Waals surface area contributed by atoms with Gasteiger partial charge in [0.05, 0.1) is 38.0 Å². The van der Waals surface area contributed by atoms with Crippen molar-refractivity contribution in [2.45, 2.75) is 31.5 Å². The molecule has 1 fully saturated rings. The Labute approximate surface area is 208 Å². The first-order valence-electron chi connectivity index (χ1n) is 12.0. The number of aliphatic hydroxyl groups excluding tert-OH is 1. The number of benzene rings is 2. The molecule has 0 aliphatic carbocycles. The summed E-state index contributed by atoms with van der Waals surface area (Å²) in [6.45, 7) is 2.50. The summed E-state index contributed by atoms with van der Waals surface area (Å²) in [4.78, 5) is 24.8. The molecule has 1 saturated heterocycles. The molecular weight excluding hydrogens is 464 g/mol. The maximum absolute atomic E-state index is 12.5. The second-order valence-corrected chi connectivity index (χ2v) is 8.55. The third-order valence-electron chi connectivity index (χ3n) is 6.00. The minimum Gasteiger partial charge on any atom is -0.408 e. The zero-order chi connectivity index (χ0) is 25.3. The fourth-order valence-corrected chi connectivity index (χ4v) is 4.12. The van der Waals surface area contributed by atoms with E-state index in [1.165, 1.54) is 4.57 Å². The van der Waals surface area contributed by atoms with Gasteiger partial charge in [-0.3, -0.25) is 9.36 Å². The molecule has 1 amide bonds. The average Bonchev–Trinajstić information content (AvgIpc) is 3.05. The SMILES string of the molecule is N#C[C@H](Cc1ccc(-c2ccc3oc(=O)n(CCOCCO)c3c2)cc1)NC(=O)[C@@H]1CNCCCO1. The number of aliphatic hydroxyl groups is 1. The lowest BCUT2D eigenvalue weighted by atomic mass is 10.0. The van der Waals surface area contributed by atoms with E-state index >= 15 is 0 Å². The van der Waals surface area contributed by atoms with Gasteiger partial charge >= 0.3 is 5.76 Å². The topological polar surface area (TPSA) is 139 Å². The summed E-state index contributed by atoms with van der Waals surface area (Å²) in [7, 11) is 0. The quantitative estimate of drug-likeness (QED) is 0.358. The minimum absolute atomic E-state index is 0.0743. The van der Waals surface area contributed by atoms with Crippen LogP contribution in [-0.4, -0.2) is 67.2 Å². The molecule has 3 aromatic rings. The first-order chi connectivity index (χ1) is 17.6. The number of carbonyl (C=O) groups excluding carboxylic acids is 1. The predicted octanol–water partition coefficient (Wildman–Crippen LogP) is 1.20. The summed E-state index contributed by atoms with van der Waals surface area (Å²) in [6.07, 6.45) is 0.626. The summed E-state index contributed by atoms with van der Waals surface area (Å²) in [5, 5.41) is 24.3. The van der Waals surface area contributed by atoms with Crippen molar-refractivity contribution in [3.05, 3.63) is 58.6 Å². The molecule has 1 aromatic heterocycles. The highest BCUT2D eigenvalue weighted by Crippen LogP contribution is 2.25. The number of hydrogen-bond acceptors (Lipinski definition) is 8. The third kappa shape index (κ3) is 6.38. The van der Waals surface area contributed by atoms with Crippen LogP contribution >= 0.6 is 0 Å². The van der Waals surface area contributed by atoms with Crippen LogP contribution in [0.1, 0.15) is 12.0 Å². The molecule has 2 aromatic carbocycles. The van der Waals surface area contributed by atoms with Crippen LogP contribution in [0.4, 0.5) is 0 Å². The Morgan fingerprint density at radius 1 is 1.25 bits per heavy atom. The molecule has 10 heteroatoms. The van der Waals surface area contributed by atoms with Crippen LogP contribution in [0.3, 0.4) is 0 Å². The number of nitrogens with one attached hydrogen (secondary N) is 2. The van der Waals surface area contributed by atoms with Crippen molar-refractivity contribution in [3.8, 4) is 17.2 Å². The van der Waals surface area contributed by atoms with Crippen molar-refractivity contribution in [1.82, 2.24) is 15.2 Å². The van der Waals surface area contributed by atoms with Gasteiger partial charge in [-0.1, -0.05) is 30.3 Å². The number of oxazole rings is 1. The fraction of sp³-hybridized carbons (Fsp3) is 0.423. The lowest BCUT2D eigenvalue weighted by molar-refractivity contribution is -0.132. The van der Waals surface area contributed by atoms with E-state index in [2.05, 4.69) is 16.7 Å². The van der Waals surface area contributed by atoms with Crippen LogP contribution in [0, 0.1) is 11.3 Å². The Morgan fingerprint density at radius 2 is 2.06 bits per heavy atom. The van der Waals surface area contributed by atoms with Crippen LogP contribution < -0.4 is 16.4 Å². The molecule has 0 saturated carbocycles. The van der Waals surface area contributed by atoms with Gasteiger partial charge in [-0.25, -0.2) is 4.79 Å². The highest BCUT2D eigenvalue weighted by Gasteiger charge is 2.23. The smallest absolute Gasteiger partial charge is 0.408 e. The summed E-state index contributed by atoms with van der Waals surface area (Å²) >= 11 is 0. The van der Waals surface area contributed by atoms with Gasteiger partial charge in [0.25, 0.3) is 5.91 Å².